The van der Waals surface area contributed by atoms with E-state index in [1.165, 1.54) is 7.11 Å². The molecule has 1 aromatic rings. The van der Waals surface area contributed by atoms with Crippen molar-refractivity contribution in [2.45, 2.75) is 26.3 Å². The molecule has 0 unspecified atom stereocenters. The molecule has 1 aromatic carbocycles. The number of likely N-dealkylation sites (N-methyl/N-ethyl adjacent to an activating group) is 1. The Labute approximate surface area is 159 Å². The van der Waals surface area contributed by atoms with Crippen LogP contribution in [0.25, 0.3) is 0 Å². The number of ether oxygens (including phenoxy) is 1. The van der Waals surface area contributed by atoms with Gasteiger partial charge in [0.25, 0.3) is 0 Å². The van der Waals surface area contributed by atoms with Gasteiger partial charge < -0.3 is 15.4 Å². The summed E-state index contributed by atoms with van der Waals surface area (Å²) < 4.78 is 4.74. The minimum Gasteiger partial charge on any atom is -0.467 e. The number of anilines is 1. The highest BCUT2D eigenvalue weighted by atomic mass is 35.5. The number of halogens is 1. The van der Waals surface area contributed by atoms with Gasteiger partial charge in [-0.2, -0.15) is 0 Å². The number of esters is 1. The van der Waals surface area contributed by atoms with Crippen LogP contribution in [0.4, 0.5) is 5.69 Å². The van der Waals surface area contributed by atoms with Gasteiger partial charge in [-0.05, 0) is 37.2 Å². The van der Waals surface area contributed by atoms with Crippen LogP contribution in [-0.2, 0) is 19.1 Å². The van der Waals surface area contributed by atoms with Crippen molar-refractivity contribution in [3.05, 3.63) is 29.3 Å². The Morgan fingerprint density at radius 1 is 1.15 bits per heavy atom. The lowest BCUT2D eigenvalue weighted by Gasteiger charge is -2.23. The number of nitrogens with zero attached hydrogens (tertiary/aromatic N) is 1. The van der Waals surface area contributed by atoms with E-state index < -0.39 is 12.0 Å². The Kier molecular flexibility index (Phi) is 9.09. The fourth-order valence-electron chi connectivity index (χ4n) is 2.30. The summed E-state index contributed by atoms with van der Waals surface area (Å²) in [4.78, 5) is 37.6. The zero-order valence-corrected chi connectivity index (χ0v) is 16.3. The van der Waals surface area contributed by atoms with Crippen molar-refractivity contribution in [2.75, 3.05) is 32.6 Å². The smallest absolute Gasteiger partial charge is 0.328 e. The fourth-order valence-corrected chi connectivity index (χ4v) is 2.42. The van der Waals surface area contributed by atoms with Crippen molar-refractivity contribution in [1.82, 2.24) is 10.2 Å². The zero-order valence-electron chi connectivity index (χ0n) is 15.5. The number of hydrogen-bond donors (Lipinski definition) is 2. The Hall–Kier alpha value is -2.12. The number of hydrogen-bond acceptors (Lipinski definition) is 5. The number of benzene rings is 1. The molecule has 0 radical (unpaired) electrons. The standard InChI is InChI=1S/C18H26ClN3O4/c1-5-12(2)17(18(25)26-4)21-16(24)11-22(3)10-15(23)20-14-8-6-13(19)7-9-14/h6-9,12,17H,5,10-11H2,1-4H3,(H,20,23)(H,21,24)/t12-,17+/m0/s1. The molecule has 7 nitrogen and oxygen atoms in total. The van der Waals surface area contributed by atoms with E-state index in [-0.39, 0.29) is 30.8 Å². The molecule has 0 aliphatic rings. The van der Waals surface area contributed by atoms with Gasteiger partial charge in [0.15, 0.2) is 0 Å². The van der Waals surface area contributed by atoms with E-state index in [9.17, 15) is 14.4 Å². The van der Waals surface area contributed by atoms with Gasteiger partial charge in [0.1, 0.15) is 6.04 Å². The highest BCUT2D eigenvalue weighted by Crippen LogP contribution is 2.13. The number of nitrogens with one attached hydrogen (secondary N) is 2. The lowest BCUT2D eigenvalue weighted by Crippen LogP contribution is -2.49. The number of methoxy groups -OCH3 is 1. The van der Waals surface area contributed by atoms with E-state index in [4.69, 9.17) is 16.3 Å². The van der Waals surface area contributed by atoms with Crippen LogP contribution in [0, 0.1) is 5.92 Å². The molecule has 0 aliphatic heterocycles. The van der Waals surface area contributed by atoms with Crippen LogP contribution in [0.2, 0.25) is 5.02 Å². The summed E-state index contributed by atoms with van der Waals surface area (Å²) in [5.74, 6) is -1.13. The molecular weight excluding hydrogens is 358 g/mol. The quantitative estimate of drug-likeness (QED) is 0.636. The molecule has 2 atom stereocenters. The largest absolute Gasteiger partial charge is 0.467 e. The third-order valence-electron chi connectivity index (χ3n) is 3.94. The van der Waals surface area contributed by atoms with Crippen molar-refractivity contribution in [3.8, 4) is 0 Å². The van der Waals surface area contributed by atoms with Gasteiger partial charge in [0.2, 0.25) is 11.8 Å². The highest BCUT2D eigenvalue weighted by Gasteiger charge is 2.27. The second-order valence-corrected chi connectivity index (χ2v) is 6.62. The maximum atomic E-state index is 12.2. The number of carbonyl (C=O) groups excluding carboxylic acids is 3. The molecule has 0 aliphatic carbocycles. The first-order valence-corrected chi connectivity index (χ1v) is 8.75. The maximum absolute atomic E-state index is 12.2. The zero-order chi connectivity index (χ0) is 19.7. The Balaban J connectivity index is 2.50. The molecule has 0 fully saturated rings. The summed E-state index contributed by atoms with van der Waals surface area (Å²) in [6, 6.07) is 6.04. The molecule has 0 bridgehead atoms. The molecule has 0 heterocycles. The maximum Gasteiger partial charge on any atom is 0.328 e. The van der Waals surface area contributed by atoms with E-state index in [1.54, 1.807) is 36.2 Å². The third-order valence-corrected chi connectivity index (χ3v) is 4.19. The second-order valence-electron chi connectivity index (χ2n) is 6.18. The highest BCUT2D eigenvalue weighted by molar-refractivity contribution is 6.30. The molecule has 26 heavy (non-hydrogen) atoms. The fraction of sp³-hybridized carbons (Fsp3) is 0.500. The summed E-state index contributed by atoms with van der Waals surface area (Å²) in [5, 5.41) is 5.98. The topological polar surface area (TPSA) is 87.7 Å². The molecule has 2 N–H and O–H groups in total. The first-order chi connectivity index (χ1) is 12.3. The van der Waals surface area contributed by atoms with Gasteiger partial charge in [-0.25, -0.2) is 4.79 Å². The second kappa shape index (κ2) is 10.8. The molecule has 1 rings (SSSR count). The van der Waals surface area contributed by atoms with Gasteiger partial charge in [-0.3, -0.25) is 14.5 Å². The number of rotatable bonds is 9. The van der Waals surface area contributed by atoms with Gasteiger partial charge in [-0.1, -0.05) is 31.9 Å². The molecule has 144 valence electrons. The van der Waals surface area contributed by atoms with Crippen molar-refractivity contribution >= 4 is 35.1 Å². The van der Waals surface area contributed by atoms with E-state index in [2.05, 4.69) is 10.6 Å². The Morgan fingerprint density at radius 3 is 2.27 bits per heavy atom. The van der Waals surface area contributed by atoms with Crippen LogP contribution in [-0.4, -0.2) is 56.0 Å². The molecular formula is C18H26ClN3O4. The average molecular weight is 384 g/mol. The minimum absolute atomic E-state index is 0.0159. The van der Waals surface area contributed by atoms with Crippen molar-refractivity contribution in [3.63, 3.8) is 0 Å². The van der Waals surface area contributed by atoms with Gasteiger partial charge in [0, 0.05) is 10.7 Å². The van der Waals surface area contributed by atoms with Crippen LogP contribution in [0.5, 0.6) is 0 Å². The van der Waals surface area contributed by atoms with Gasteiger partial charge >= 0.3 is 5.97 Å². The molecule has 8 heteroatoms. The van der Waals surface area contributed by atoms with E-state index in [0.717, 1.165) is 6.42 Å². The summed E-state index contributed by atoms with van der Waals surface area (Å²) in [6.45, 7) is 3.81. The third kappa shape index (κ3) is 7.41. The van der Waals surface area contributed by atoms with Crippen molar-refractivity contribution < 1.29 is 19.1 Å². The van der Waals surface area contributed by atoms with Crippen LogP contribution in [0.15, 0.2) is 24.3 Å². The van der Waals surface area contributed by atoms with E-state index >= 15 is 0 Å². The van der Waals surface area contributed by atoms with Crippen LogP contribution in [0.3, 0.4) is 0 Å². The average Bonchev–Trinajstić information content (AvgIpc) is 2.60. The first kappa shape index (κ1) is 21.9. The lowest BCUT2D eigenvalue weighted by molar-refractivity contribution is -0.146. The summed E-state index contributed by atoms with van der Waals surface area (Å²) in [5.41, 5.74) is 0.625. The monoisotopic (exact) mass is 383 g/mol. The Morgan fingerprint density at radius 2 is 1.73 bits per heavy atom. The van der Waals surface area contributed by atoms with Crippen molar-refractivity contribution in [1.29, 1.82) is 0 Å². The van der Waals surface area contributed by atoms with Crippen LogP contribution < -0.4 is 10.6 Å². The number of amides is 2. The lowest BCUT2D eigenvalue weighted by atomic mass is 9.99. The molecule has 0 saturated heterocycles. The SMILES string of the molecule is CC[C@H](C)[C@@H](NC(=O)CN(C)CC(=O)Nc1ccc(Cl)cc1)C(=O)OC. The van der Waals surface area contributed by atoms with Crippen molar-refractivity contribution in [2.24, 2.45) is 5.92 Å². The van der Waals surface area contributed by atoms with Crippen LogP contribution >= 0.6 is 11.6 Å². The van der Waals surface area contributed by atoms with E-state index in [1.807, 2.05) is 13.8 Å². The summed E-state index contributed by atoms with van der Waals surface area (Å²) in [6.07, 6.45) is 0.722. The Bertz CT molecular complexity index is 621. The van der Waals surface area contributed by atoms with E-state index in [0.29, 0.717) is 10.7 Å². The normalized spacial score (nSPS) is 13.0. The molecule has 0 saturated carbocycles. The molecule has 0 aromatic heterocycles. The summed E-state index contributed by atoms with van der Waals surface area (Å²) >= 11 is 5.80. The minimum atomic E-state index is -0.700. The number of carbonyl (C=O) groups is 3. The van der Waals surface area contributed by atoms with Gasteiger partial charge in [0.05, 0.1) is 20.2 Å². The molecule has 0 spiro atoms. The predicted octanol–water partition coefficient (Wildman–Crippen LogP) is 1.91. The van der Waals surface area contributed by atoms with Gasteiger partial charge in [-0.15, -0.1) is 0 Å². The predicted molar refractivity (Wildman–Crippen MR) is 101 cm³/mol. The first-order valence-electron chi connectivity index (χ1n) is 8.38. The van der Waals surface area contributed by atoms with Crippen LogP contribution in [0.1, 0.15) is 20.3 Å². The molecule has 2 amide bonds. The summed E-state index contributed by atoms with van der Waals surface area (Å²) in [7, 11) is 2.94.